The van der Waals surface area contributed by atoms with Gasteiger partial charge in [-0.25, -0.2) is 15.0 Å². The van der Waals surface area contributed by atoms with E-state index in [1.165, 1.54) is 12.7 Å². The summed E-state index contributed by atoms with van der Waals surface area (Å²) in [6.45, 7) is 0.681. The molecule has 5 nitrogen and oxygen atoms in total. The van der Waals surface area contributed by atoms with E-state index in [9.17, 15) is 0 Å². The van der Waals surface area contributed by atoms with Gasteiger partial charge in [-0.05, 0) is 12.1 Å². The van der Waals surface area contributed by atoms with Gasteiger partial charge in [0.05, 0.1) is 0 Å². The van der Waals surface area contributed by atoms with Crippen molar-refractivity contribution >= 4 is 16.8 Å². The van der Waals surface area contributed by atoms with Crippen molar-refractivity contribution in [3.05, 3.63) is 48.9 Å². The maximum absolute atomic E-state index is 5.23. The van der Waals surface area contributed by atoms with Gasteiger partial charge in [0.2, 0.25) is 0 Å². The van der Waals surface area contributed by atoms with Crippen molar-refractivity contribution < 1.29 is 4.42 Å². The van der Waals surface area contributed by atoms with Gasteiger partial charge in [-0.1, -0.05) is 0 Å². The van der Waals surface area contributed by atoms with Crippen molar-refractivity contribution in [3.63, 3.8) is 0 Å². The van der Waals surface area contributed by atoms with E-state index in [-0.39, 0.29) is 0 Å². The molecule has 0 unspecified atom stereocenters. The number of anilines is 1. The molecule has 3 rings (SSSR count). The van der Waals surface area contributed by atoms with Crippen LogP contribution >= 0.6 is 0 Å². The first-order chi connectivity index (χ1) is 8.42. The van der Waals surface area contributed by atoms with Gasteiger partial charge in [-0.2, -0.15) is 0 Å². The third-order valence-electron chi connectivity index (χ3n) is 2.44. The molecular formula is C12H10N4O. The monoisotopic (exact) mass is 226 g/mol. The standard InChI is InChI=1S/C12H10N4O/c1-2-11-12(17-8-16-11)3-10(1)15-6-9-4-13-7-14-5-9/h1-5,7-8,15H,6H2. The minimum atomic E-state index is 0.681. The topological polar surface area (TPSA) is 63.8 Å². The van der Waals surface area contributed by atoms with Crippen molar-refractivity contribution in [2.75, 3.05) is 5.32 Å². The van der Waals surface area contributed by atoms with Gasteiger partial charge in [-0.3, -0.25) is 0 Å². The zero-order chi connectivity index (χ0) is 11.5. The molecule has 0 amide bonds. The Kier molecular flexibility index (Phi) is 2.42. The number of nitrogens with zero attached hydrogens (tertiary/aromatic N) is 3. The summed E-state index contributed by atoms with van der Waals surface area (Å²) in [6, 6.07) is 5.81. The molecule has 0 fully saturated rings. The van der Waals surface area contributed by atoms with Crippen LogP contribution in [0.2, 0.25) is 0 Å². The number of oxazole rings is 1. The number of hydrogen-bond acceptors (Lipinski definition) is 5. The molecule has 2 aromatic heterocycles. The van der Waals surface area contributed by atoms with Crippen molar-refractivity contribution in [1.29, 1.82) is 0 Å². The number of aromatic nitrogens is 3. The number of fused-ring (bicyclic) bond motifs is 1. The number of benzene rings is 1. The van der Waals surface area contributed by atoms with E-state index in [2.05, 4.69) is 20.3 Å². The van der Waals surface area contributed by atoms with E-state index in [0.29, 0.717) is 6.54 Å². The van der Waals surface area contributed by atoms with Gasteiger partial charge >= 0.3 is 0 Å². The second-order valence-electron chi connectivity index (χ2n) is 3.64. The van der Waals surface area contributed by atoms with Crippen LogP contribution in [0.5, 0.6) is 0 Å². The van der Waals surface area contributed by atoms with E-state index in [0.717, 1.165) is 22.4 Å². The fourth-order valence-electron chi connectivity index (χ4n) is 1.59. The molecule has 1 aromatic carbocycles. The van der Waals surface area contributed by atoms with Crippen LogP contribution in [0.4, 0.5) is 5.69 Å². The van der Waals surface area contributed by atoms with Crippen LogP contribution in [0, 0.1) is 0 Å². The molecule has 2 heterocycles. The van der Waals surface area contributed by atoms with Crippen LogP contribution in [0.25, 0.3) is 11.1 Å². The van der Waals surface area contributed by atoms with Crippen LogP contribution in [0.1, 0.15) is 5.56 Å². The van der Waals surface area contributed by atoms with Crippen molar-refractivity contribution in [1.82, 2.24) is 15.0 Å². The Hall–Kier alpha value is -2.43. The average Bonchev–Trinajstić information content (AvgIpc) is 2.85. The van der Waals surface area contributed by atoms with Gasteiger partial charge < -0.3 is 9.73 Å². The largest absolute Gasteiger partial charge is 0.443 e. The summed E-state index contributed by atoms with van der Waals surface area (Å²) in [5.74, 6) is 0. The molecule has 5 heteroatoms. The molecular weight excluding hydrogens is 216 g/mol. The molecule has 0 atom stereocenters. The predicted molar refractivity (Wildman–Crippen MR) is 63.4 cm³/mol. The molecule has 0 saturated carbocycles. The molecule has 0 spiro atoms. The van der Waals surface area contributed by atoms with Crippen LogP contribution < -0.4 is 5.32 Å². The lowest BCUT2D eigenvalue weighted by molar-refractivity contribution is 0.602. The normalized spacial score (nSPS) is 10.6. The lowest BCUT2D eigenvalue weighted by Gasteiger charge is -2.05. The molecule has 1 N–H and O–H groups in total. The molecule has 84 valence electrons. The summed E-state index contributed by atoms with van der Waals surface area (Å²) in [6.07, 6.45) is 6.53. The van der Waals surface area contributed by atoms with Gasteiger partial charge in [0.1, 0.15) is 11.8 Å². The number of hydrogen-bond donors (Lipinski definition) is 1. The number of rotatable bonds is 3. The lowest BCUT2D eigenvalue weighted by atomic mass is 10.2. The van der Waals surface area contributed by atoms with Gasteiger partial charge in [-0.15, -0.1) is 0 Å². The minimum absolute atomic E-state index is 0.681. The molecule has 0 radical (unpaired) electrons. The Bertz CT molecular complexity index is 620. The van der Waals surface area contributed by atoms with E-state index in [4.69, 9.17) is 4.42 Å². The van der Waals surface area contributed by atoms with E-state index in [1.807, 2.05) is 18.2 Å². The summed E-state index contributed by atoms with van der Waals surface area (Å²) in [7, 11) is 0. The Morgan fingerprint density at radius 2 is 2.06 bits per heavy atom. The second-order valence-corrected chi connectivity index (χ2v) is 3.64. The Morgan fingerprint density at radius 1 is 1.18 bits per heavy atom. The Labute approximate surface area is 97.5 Å². The first-order valence-corrected chi connectivity index (χ1v) is 5.23. The zero-order valence-corrected chi connectivity index (χ0v) is 9.00. The summed E-state index contributed by atoms with van der Waals surface area (Å²) < 4.78 is 5.23. The van der Waals surface area contributed by atoms with Gasteiger partial charge in [0, 0.05) is 36.3 Å². The van der Waals surface area contributed by atoms with Crippen LogP contribution in [0.15, 0.2) is 47.7 Å². The maximum Gasteiger partial charge on any atom is 0.181 e. The maximum atomic E-state index is 5.23. The second kappa shape index (κ2) is 4.21. The zero-order valence-electron chi connectivity index (χ0n) is 9.00. The minimum Gasteiger partial charge on any atom is -0.443 e. The van der Waals surface area contributed by atoms with Crippen LogP contribution in [-0.2, 0) is 6.54 Å². The first kappa shape index (κ1) is 9.77. The molecule has 0 aliphatic carbocycles. The lowest BCUT2D eigenvalue weighted by Crippen LogP contribution is -1.99. The van der Waals surface area contributed by atoms with Crippen LogP contribution in [0.3, 0.4) is 0 Å². The summed E-state index contributed by atoms with van der Waals surface area (Å²) in [4.78, 5) is 12.0. The highest BCUT2D eigenvalue weighted by atomic mass is 16.3. The molecule has 0 aliphatic rings. The highest BCUT2D eigenvalue weighted by Gasteiger charge is 2.00. The highest BCUT2D eigenvalue weighted by Crippen LogP contribution is 2.18. The third kappa shape index (κ3) is 2.08. The number of nitrogens with one attached hydrogen (secondary N) is 1. The first-order valence-electron chi connectivity index (χ1n) is 5.23. The molecule has 17 heavy (non-hydrogen) atoms. The highest BCUT2D eigenvalue weighted by molar-refractivity contribution is 5.76. The third-order valence-corrected chi connectivity index (χ3v) is 2.44. The molecule has 3 aromatic rings. The van der Waals surface area contributed by atoms with Crippen molar-refractivity contribution in [3.8, 4) is 0 Å². The van der Waals surface area contributed by atoms with Gasteiger partial charge in [0.15, 0.2) is 12.0 Å². The fourth-order valence-corrected chi connectivity index (χ4v) is 1.59. The Morgan fingerprint density at radius 3 is 2.94 bits per heavy atom. The smallest absolute Gasteiger partial charge is 0.181 e. The van der Waals surface area contributed by atoms with E-state index >= 15 is 0 Å². The molecule has 0 bridgehead atoms. The summed E-state index contributed by atoms with van der Waals surface area (Å²) in [5, 5.41) is 3.28. The van der Waals surface area contributed by atoms with Crippen molar-refractivity contribution in [2.24, 2.45) is 0 Å². The fraction of sp³-hybridized carbons (Fsp3) is 0.0833. The SMILES string of the molecule is c1ncc(CNc2ccc3ncoc3c2)cn1. The molecule has 0 saturated heterocycles. The van der Waals surface area contributed by atoms with E-state index in [1.54, 1.807) is 12.4 Å². The van der Waals surface area contributed by atoms with Crippen molar-refractivity contribution in [2.45, 2.75) is 6.54 Å². The predicted octanol–water partition coefficient (Wildman–Crippen LogP) is 2.23. The summed E-state index contributed by atoms with van der Waals surface area (Å²) >= 11 is 0. The van der Waals surface area contributed by atoms with Crippen LogP contribution in [-0.4, -0.2) is 15.0 Å². The van der Waals surface area contributed by atoms with Gasteiger partial charge in [0.25, 0.3) is 0 Å². The Balaban J connectivity index is 1.76. The average molecular weight is 226 g/mol. The van der Waals surface area contributed by atoms with E-state index < -0.39 is 0 Å². The summed E-state index contributed by atoms with van der Waals surface area (Å²) in [5.41, 5.74) is 3.65. The quantitative estimate of drug-likeness (QED) is 0.741. The molecule has 0 aliphatic heterocycles.